The summed E-state index contributed by atoms with van der Waals surface area (Å²) in [5.41, 5.74) is 7.89. The molecule has 6 nitrogen and oxygen atoms in total. The van der Waals surface area contributed by atoms with E-state index in [1.165, 1.54) is 0 Å². The van der Waals surface area contributed by atoms with E-state index < -0.39 is 0 Å². The number of nitrogens with two attached hydrogens (primary N) is 1. The topological polar surface area (TPSA) is 85.0 Å². The van der Waals surface area contributed by atoms with E-state index in [1.54, 1.807) is 19.1 Å². The van der Waals surface area contributed by atoms with Crippen molar-refractivity contribution in [3.8, 4) is 0 Å². The van der Waals surface area contributed by atoms with Crippen molar-refractivity contribution in [3.05, 3.63) is 23.8 Å². The molecule has 1 aromatic rings. The number of esters is 1. The van der Waals surface area contributed by atoms with E-state index in [9.17, 15) is 9.90 Å². The molecule has 0 bridgehead atoms. The van der Waals surface area contributed by atoms with Crippen LogP contribution in [0.2, 0.25) is 0 Å². The highest BCUT2D eigenvalue weighted by atomic mass is 16.5. The van der Waals surface area contributed by atoms with Crippen LogP contribution in [0, 0.1) is 0 Å². The average molecular weight is 294 g/mol. The number of ether oxygens (including phenoxy) is 2. The van der Waals surface area contributed by atoms with Crippen molar-refractivity contribution in [1.82, 2.24) is 0 Å². The van der Waals surface area contributed by atoms with Gasteiger partial charge in [-0.05, 0) is 32.0 Å². The maximum absolute atomic E-state index is 11.7. The van der Waals surface area contributed by atoms with Crippen molar-refractivity contribution in [1.29, 1.82) is 0 Å². The lowest BCUT2D eigenvalue weighted by atomic mass is 10.1. The molecular weight excluding hydrogens is 272 g/mol. The number of carbonyl (C=O) groups is 1. The number of benzene rings is 1. The lowest BCUT2D eigenvalue weighted by Gasteiger charge is -2.39. The summed E-state index contributed by atoms with van der Waals surface area (Å²) in [7, 11) is 0. The fourth-order valence-electron chi connectivity index (χ4n) is 2.42. The van der Waals surface area contributed by atoms with Crippen LogP contribution in [0.5, 0.6) is 0 Å². The Morgan fingerprint density at radius 1 is 1.57 bits per heavy atom. The molecule has 1 fully saturated rings. The van der Waals surface area contributed by atoms with Gasteiger partial charge in [0.05, 0.1) is 42.9 Å². The molecule has 116 valence electrons. The Kier molecular flexibility index (Phi) is 5.03. The molecule has 1 aromatic carbocycles. The number of aliphatic hydroxyl groups excluding tert-OH is 1. The summed E-state index contributed by atoms with van der Waals surface area (Å²) >= 11 is 0. The summed E-state index contributed by atoms with van der Waals surface area (Å²) in [5, 5.41) is 9.24. The van der Waals surface area contributed by atoms with Gasteiger partial charge in [-0.1, -0.05) is 0 Å². The van der Waals surface area contributed by atoms with Crippen molar-refractivity contribution in [2.75, 3.05) is 37.0 Å². The van der Waals surface area contributed by atoms with Gasteiger partial charge in [-0.2, -0.15) is 0 Å². The van der Waals surface area contributed by atoms with Crippen molar-refractivity contribution < 1.29 is 19.4 Å². The van der Waals surface area contributed by atoms with Gasteiger partial charge >= 0.3 is 5.97 Å². The molecule has 21 heavy (non-hydrogen) atoms. The van der Waals surface area contributed by atoms with Crippen LogP contribution in [0.4, 0.5) is 11.4 Å². The summed E-state index contributed by atoms with van der Waals surface area (Å²) in [6.07, 6.45) is -0.217. The van der Waals surface area contributed by atoms with Gasteiger partial charge in [-0.25, -0.2) is 4.79 Å². The second-order valence-electron chi connectivity index (χ2n) is 5.13. The number of morpholine rings is 1. The number of nitrogen functional groups attached to an aromatic ring is 1. The van der Waals surface area contributed by atoms with Crippen molar-refractivity contribution in [2.45, 2.75) is 26.0 Å². The molecule has 0 radical (unpaired) electrons. The first-order chi connectivity index (χ1) is 10.1. The van der Waals surface area contributed by atoms with Crippen molar-refractivity contribution in [2.24, 2.45) is 0 Å². The molecule has 2 unspecified atom stereocenters. The van der Waals surface area contributed by atoms with E-state index in [1.807, 2.05) is 13.0 Å². The third-order valence-electron chi connectivity index (χ3n) is 3.56. The molecule has 0 saturated carbocycles. The van der Waals surface area contributed by atoms with E-state index in [0.717, 1.165) is 5.69 Å². The van der Waals surface area contributed by atoms with Crippen LogP contribution in [0.15, 0.2) is 18.2 Å². The first-order valence-corrected chi connectivity index (χ1v) is 7.12. The fraction of sp³-hybridized carbons (Fsp3) is 0.533. The standard InChI is InChI=1S/C15H22N2O4/c1-3-20-15(19)11-4-5-14(13(16)6-11)17-7-12(8-18)21-9-10(17)2/h4-6,10,12,18H,3,7-9,16H2,1-2H3. The summed E-state index contributed by atoms with van der Waals surface area (Å²) in [5.74, 6) is -0.376. The monoisotopic (exact) mass is 294 g/mol. The lowest BCUT2D eigenvalue weighted by molar-refractivity contribution is -0.0102. The molecular formula is C15H22N2O4. The SMILES string of the molecule is CCOC(=O)c1ccc(N2CC(CO)OCC2C)c(N)c1. The predicted octanol–water partition coefficient (Wildman–Crippen LogP) is 1.03. The highest BCUT2D eigenvalue weighted by molar-refractivity contribution is 5.92. The van der Waals surface area contributed by atoms with Crippen LogP contribution >= 0.6 is 0 Å². The first kappa shape index (κ1) is 15.6. The van der Waals surface area contributed by atoms with Gasteiger partial charge in [0.15, 0.2) is 0 Å². The normalized spacial score (nSPS) is 22.1. The molecule has 1 saturated heterocycles. The predicted molar refractivity (Wildman–Crippen MR) is 80.4 cm³/mol. The Balaban J connectivity index is 2.21. The molecule has 2 rings (SSSR count). The first-order valence-electron chi connectivity index (χ1n) is 7.12. The van der Waals surface area contributed by atoms with Gasteiger partial charge in [0.2, 0.25) is 0 Å². The minimum absolute atomic E-state index is 0.0238. The van der Waals surface area contributed by atoms with Crippen LogP contribution in [0.25, 0.3) is 0 Å². The highest BCUT2D eigenvalue weighted by Gasteiger charge is 2.27. The van der Waals surface area contributed by atoms with Crippen molar-refractivity contribution in [3.63, 3.8) is 0 Å². The Morgan fingerprint density at radius 3 is 2.95 bits per heavy atom. The number of nitrogens with zero attached hydrogens (tertiary/aromatic N) is 1. The summed E-state index contributed by atoms with van der Waals surface area (Å²) in [6, 6.07) is 5.31. The zero-order valence-electron chi connectivity index (χ0n) is 12.4. The van der Waals surface area contributed by atoms with Gasteiger partial charge in [0, 0.05) is 12.6 Å². The lowest BCUT2D eigenvalue weighted by Crippen LogP contribution is -2.49. The number of hydrogen-bond donors (Lipinski definition) is 2. The average Bonchev–Trinajstić information content (AvgIpc) is 2.48. The number of rotatable bonds is 4. The quantitative estimate of drug-likeness (QED) is 0.637. The van der Waals surface area contributed by atoms with Gasteiger partial charge in [0.25, 0.3) is 0 Å². The maximum atomic E-state index is 11.7. The summed E-state index contributed by atoms with van der Waals surface area (Å²) in [6.45, 7) is 5.21. The molecule has 0 spiro atoms. The summed E-state index contributed by atoms with van der Waals surface area (Å²) < 4.78 is 10.5. The van der Waals surface area contributed by atoms with Gasteiger partial charge < -0.3 is 25.2 Å². The number of hydrogen-bond acceptors (Lipinski definition) is 6. The number of aliphatic hydroxyl groups is 1. The molecule has 0 amide bonds. The molecule has 1 heterocycles. The third-order valence-corrected chi connectivity index (χ3v) is 3.56. The number of carbonyl (C=O) groups excluding carboxylic acids is 1. The Labute approximate surface area is 124 Å². The van der Waals surface area contributed by atoms with E-state index >= 15 is 0 Å². The Hall–Kier alpha value is -1.79. The molecule has 1 aliphatic heterocycles. The second-order valence-corrected chi connectivity index (χ2v) is 5.13. The van der Waals surface area contributed by atoms with Crippen LogP contribution in [0.1, 0.15) is 24.2 Å². The minimum Gasteiger partial charge on any atom is -0.462 e. The summed E-state index contributed by atoms with van der Waals surface area (Å²) in [4.78, 5) is 13.8. The van der Waals surface area contributed by atoms with Crippen LogP contribution in [-0.2, 0) is 9.47 Å². The second kappa shape index (κ2) is 6.78. The molecule has 0 aliphatic carbocycles. The molecule has 1 aliphatic rings. The van der Waals surface area contributed by atoms with E-state index in [4.69, 9.17) is 15.2 Å². The minimum atomic E-state index is -0.376. The van der Waals surface area contributed by atoms with E-state index in [2.05, 4.69) is 4.90 Å². The van der Waals surface area contributed by atoms with Gasteiger partial charge in [-0.15, -0.1) is 0 Å². The van der Waals surface area contributed by atoms with Crippen molar-refractivity contribution >= 4 is 17.3 Å². The zero-order chi connectivity index (χ0) is 15.4. The van der Waals surface area contributed by atoms with E-state index in [-0.39, 0.29) is 24.7 Å². The smallest absolute Gasteiger partial charge is 0.338 e. The Morgan fingerprint density at radius 2 is 2.33 bits per heavy atom. The van der Waals surface area contributed by atoms with Crippen LogP contribution in [-0.4, -0.2) is 49.6 Å². The Bertz CT molecular complexity index is 506. The van der Waals surface area contributed by atoms with Gasteiger partial charge in [-0.3, -0.25) is 0 Å². The fourth-order valence-corrected chi connectivity index (χ4v) is 2.42. The third kappa shape index (κ3) is 3.46. The molecule has 6 heteroatoms. The maximum Gasteiger partial charge on any atom is 0.338 e. The van der Waals surface area contributed by atoms with E-state index in [0.29, 0.717) is 31.0 Å². The van der Waals surface area contributed by atoms with Gasteiger partial charge in [0.1, 0.15) is 0 Å². The highest BCUT2D eigenvalue weighted by Crippen LogP contribution is 2.28. The molecule has 2 atom stereocenters. The largest absolute Gasteiger partial charge is 0.462 e. The molecule has 0 aromatic heterocycles. The van der Waals surface area contributed by atoms with Crippen LogP contribution in [0.3, 0.4) is 0 Å². The zero-order valence-corrected chi connectivity index (χ0v) is 12.4. The molecule has 3 N–H and O–H groups in total. The van der Waals surface area contributed by atoms with Crippen LogP contribution < -0.4 is 10.6 Å². The number of anilines is 2.